The van der Waals surface area contributed by atoms with Crippen LogP contribution in [0.2, 0.25) is 0 Å². The van der Waals surface area contributed by atoms with Crippen LogP contribution in [0.1, 0.15) is 10.4 Å². The first-order valence-corrected chi connectivity index (χ1v) is 12.5. The third-order valence-corrected chi connectivity index (χ3v) is 5.99. The zero-order valence-corrected chi connectivity index (χ0v) is 21.6. The Bertz CT molecular complexity index is 1490. The number of carboxylic acid groups (broad SMARTS) is 1. The molecular weight excluding hydrogens is 548 g/mol. The third kappa shape index (κ3) is 8.22. The number of anilines is 2. The number of halogens is 4. The van der Waals surface area contributed by atoms with Crippen molar-refractivity contribution < 1.29 is 37.0 Å². The molecule has 0 spiro atoms. The predicted molar refractivity (Wildman–Crippen MR) is 142 cm³/mol. The summed E-state index contributed by atoms with van der Waals surface area (Å²) in [5.74, 6) is -2.61. The van der Waals surface area contributed by atoms with E-state index in [1.165, 1.54) is 12.1 Å². The van der Waals surface area contributed by atoms with Crippen LogP contribution < -0.4 is 10.6 Å². The predicted octanol–water partition coefficient (Wildman–Crippen LogP) is 4.00. The van der Waals surface area contributed by atoms with E-state index >= 15 is 0 Å². The Labute approximate surface area is 231 Å². The average Bonchev–Trinajstić information content (AvgIpc) is 3.38. The Morgan fingerprint density at radius 3 is 2.37 bits per heavy atom. The number of hydrogen-bond donors (Lipinski definition) is 3. The minimum atomic E-state index is -5.08. The number of benzene rings is 2. The highest BCUT2D eigenvalue weighted by molar-refractivity contribution is 5.94. The second-order valence-electron chi connectivity index (χ2n) is 8.88. The van der Waals surface area contributed by atoms with E-state index in [0.29, 0.717) is 17.9 Å². The topological polar surface area (TPSA) is 122 Å². The first kappa shape index (κ1) is 29.4. The minimum absolute atomic E-state index is 0.140. The van der Waals surface area contributed by atoms with Crippen molar-refractivity contribution in [2.45, 2.75) is 6.18 Å². The molecule has 1 aliphatic rings. The fraction of sp³-hybridized carbons (Fsp3) is 0.259. The quantitative estimate of drug-likeness (QED) is 0.283. The molecule has 2 aromatic carbocycles. The number of aromatic nitrogens is 3. The highest BCUT2D eigenvalue weighted by Gasteiger charge is 2.38. The lowest BCUT2D eigenvalue weighted by molar-refractivity contribution is -0.192. The monoisotopic (exact) mass is 574 g/mol. The summed E-state index contributed by atoms with van der Waals surface area (Å²) in [7, 11) is 0. The number of fused-ring (bicyclic) bond motifs is 1. The van der Waals surface area contributed by atoms with E-state index in [9.17, 15) is 22.4 Å². The highest BCUT2D eigenvalue weighted by atomic mass is 19.4. The van der Waals surface area contributed by atoms with E-state index in [2.05, 4.69) is 25.6 Å². The van der Waals surface area contributed by atoms with Crippen molar-refractivity contribution in [1.29, 1.82) is 0 Å². The molecule has 4 aromatic rings. The molecule has 216 valence electrons. The number of pyridine rings is 1. The maximum absolute atomic E-state index is 13.1. The molecule has 1 fully saturated rings. The normalized spacial score (nSPS) is 13.8. The van der Waals surface area contributed by atoms with Crippen LogP contribution >= 0.6 is 0 Å². The zero-order valence-electron chi connectivity index (χ0n) is 21.6. The van der Waals surface area contributed by atoms with E-state index in [1.807, 2.05) is 18.2 Å². The molecule has 0 radical (unpaired) electrons. The summed E-state index contributed by atoms with van der Waals surface area (Å²) in [5.41, 5.74) is 3.05. The summed E-state index contributed by atoms with van der Waals surface area (Å²) in [4.78, 5) is 28.3. The van der Waals surface area contributed by atoms with Crippen LogP contribution in [0.25, 0.3) is 16.7 Å². The van der Waals surface area contributed by atoms with Crippen LogP contribution in [0.15, 0.2) is 67.0 Å². The van der Waals surface area contributed by atoms with Crippen molar-refractivity contribution >= 4 is 34.2 Å². The molecule has 1 amide bonds. The SMILES string of the molecule is O=C(NCCN1CCOCC1)c1ccnc(-n2ncc3cc(Nc4ccc(F)cc4)ccc32)c1.O=C(O)C(F)(F)F. The van der Waals surface area contributed by atoms with Crippen LogP contribution in [0, 0.1) is 5.82 Å². The lowest BCUT2D eigenvalue weighted by Gasteiger charge is -2.26. The molecule has 0 atom stereocenters. The van der Waals surface area contributed by atoms with Gasteiger partial charge in [-0.15, -0.1) is 0 Å². The highest BCUT2D eigenvalue weighted by Crippen LogP contribution is 2.24. The first-order valence-electron chi connectivity index (χ1n) is 12.5. The molecule has 3 heterocycles. The fourth-order valence-corrected chi connectivity index (χ4v) is 3.92. The molecule has 14 heteroatoms. The van der Waals surface area contributed by atoms with Gasteiger partial charge in [-0.3, -0.25) is 9.69 Å². The van der Waals surface area contributed by atoms with Crippen LogP contribution in [-0.2, 0) is 9.53 Å². The number of aliphatic carboxylic acids is 1. The number of hydrogen-bond acceptors (Lipinski definition) is 7. The summed E-state index contributed by atoms with van der Waals surface area (Å²) in [6, 6.07) is 15.5. The van der Waals surface area contributed by atoms with Gasteiger partial charge in [0.15, 0.2) is 5.82 Å². The van der Waals surface area contributed by atoms with E-state index in [1.54, 1.807) is 41.3 Å². The number of rotatable bonds is 7. The van der Waals surface area contributed by atoms with Gasteiger partial charge < -0.3 is 20.5 Å². The standard InChI is InChI=1S/C25H25FN6O2.C2HF3O2/c26-20-1-3-21(4-2-20)30-22-5-6-23-19(15-22)17-29-32(23)24-16-18(7-8-27-24)25(33)28-9-10-31-11-13-34-14-12-31;3-2(4,5)1(6)7/h1-8,15-17,30H,9-14H2,(H,28,33);(H,6,7). The van der Waals surface area contributed by atoms with Crippen molar-refractivity contribution in [1.82, 2.24) is 25.0 Å². The summed E-state index contributed by atoms with van der Waals surface area (Å²) >= 11 is 0. The van der Waals surface area contributed by atoms with Crippen LogP contribution in [0.5, 0.6) is 0 Å². The number of morpholine rings is 1. The van der Waals surface area contributed by atoms with Crippen molar-refractivity contribution in [3.05, 3.63) is 78.4 Å². The fourth-order valence-electron chi connectivity index (χ4n) is 3.92. The molecule has 10 nitrogen and oxygen atoms in total. The molecule has 1 aliphatic heterocycles. The molecule has 0 unspecified atom stereocenters. The van der Waals surface area contributed by atoms with Crippen LogP contribution in [-0.4, -0.2) is 82.2 Å². The summed E-state index contributed by atoms with van der Waals surface area (Å²) in [6.45, 7) is 4.63. The molecule has 0 saturated carbocycles. The Morgan fingerprint density at radius 2 is 1.68 bits per heavy atom. The van der Waals surface area contributed by atoms with Gasteiger partial charge in [-0.1, -0.05) is 0 Å². The van der Waals surface area contributed by atoms with E-state index in [0.717, 1.165) is 55.1 Å². The second-order valence-corrected chi connectivity index (χ2v) is 8.88. The summed E-state index contributed by atoms with van der Waals surface area (Å²) in [6.07, 6.45) is -1.72. The van der Waals surface area contributed by atoms with Crippen molar-refractivity contribution in [2.24, 2.45) is 0 Å². The van der Waals surface area contributed by atoms with Crippen LogP contribution in [0.3, 0.4) is 0 Å². The molecule has 0 bridgehead atoms. The van der Waals surface area contributed by atoms with Gasteiger partial charge in [0, 0.05) is 54.7 Å². The Morgan fingerprint density at radius 1 is 1.00 bits per heavy atom. The number of carboxylic acids is 1. The smallest absolute Gasteiger partial charge is 0.475 e. The van der Waals surface area contributed by atoms with Gasteiger partial charge in [0.05, 0.1) is 24.9 Å². The molecule has 3 N–H and O–H groups in total. The number of carbonyl (C=O) groups excluding carboxylic acids is 1. The number of carbonyl (C=O) groups is 2. The van der Waals surface area contributed by atoms with E-state index in [-0.39, 0.29) is 11.7 Å². The Kier molecular flexibility index (Phi) is 9.47. The molecular formula is C27H26F4N6O4. The number of nitrogens with one attached hydrogen (secondary N) is 2. The second kappa shape index (κ2) is 13.2. The number of amides is 1. The summed E-state index contributed by atoms with van der Waals surface area (Å²) in [5, 5.41) is 18.7. The van der Waals surface area contributed by atoms with Gasteiger partial charge in [0.25, 0.3) is 5.91 Å². The van der Waals surface area contributed by atoms with Gasteiger partial charge in [-0.05, 0) is 54.6 Å². The molecule has 41 heavy (non-hydrogen) atoms. The van der Waals surface area contributed by atoms with Crippen LogP contribution in [0.4, 0.5) is 28.9 Å². The molecule has 5 rings (SSSR count). The third-order valence-electron chi connectivity index (χ3n) is 5.99. The number of alkyl halides is 3. The van der Waals surface area contributed by atoms with Crippen molar-refractivity contribution in [3.8, 4) is 5.82 Å². The van der Waals surface area contributed by atoms with Gasteiger partial charge in [0.2, 0.25) is 0 Å². The summed E-state index contributed by atoms with van der Waals surface area (Å²) < 4.78 is 51.9. The Hall–Kier alpha value is -4.56. The lowest BCUT2D eigenvalue weighted by Crippen LogP contribution is -2.41. The van der Waals surface area contributed by atoms with E-state index in [4.69, 9.17) is 14.6 Å². The number of ether oxygens (including phenoxy) is 1. The van der Waals surface area contributed by atoms with Crippen molar-refractivity contribution in [2.75, 3.05) is 44.7 Å². The average molecular weight is 575 g/mol. The van der Waals surface area contributed by atoms with Gasteiger partial charge in [-0.25, -0.2) is 18.9 Å². The van der Waals surface area contributed by atoms with Crippen molar-refractivity contribution in [3.63, 3.8) is 0 Å². The first-order chi connectivity index (χ1) is 19.6. The van der Waals surface area contributed by atoms with Gasteiger partial charge >= 0.3 is 12.1 Å². The Balaban J connectivity index is 0.000000493. The number of nitrogens with zero attached hydrogens (tertiary/aromatic N) is 4. The lowest BCUT2D eigenvalue weighted by atomic mass is 10.2. The zero-order chi connectivity index (χ0) is 29.4. The van der Waals surface area contributed by atoms with Gasteiger partial charge in [0.1, 0.15) is 5.82 Å². The van der Waals surface area contributed by atoms with Gasteiger partial charge in [-0.2, -0.15) is 18.3 Å². The minimum Gasteiger partial charge on any atom is -0.475 e. The van der Waals surface area contributed by atoms with E-state index < -0.39 is 12.1 Å². The molecule has 2 aromatic heterocycles. The largest absolute Gasteiger partial charge is 0.490 e. The molecule has 0 aliphatic carbocycles. The molecule has 1 saturated heterocycles. The maximum atomic E-state index is 13.1. The maximum Gasteiger partial charge on any atom is 0.490 e.